The van der Waals surface area contributed by atoms with Gasteiger partial charge in [0.2, 0.25) is 5.75 Å². The lowest BCUT2D eigenvalue weighted by Gasteiger charge is -2.32. The molecule has 9 heteroatoms. The number of methoxy groups -OCH3 is 3. The van der Waals surface area contributed by atoms with E-state index in [0.29, 0.717) is 46.5 Å². The minimum atomic E-state index is -0.321. The highest BCUT2D eigenvalue weighted by Crippen LogP contribution is 2.39. The first-order chi connectivity index (χ1) is 15.5. The third kappa shape index (κ3) is 4.25. The predicted octanol–water partition coefficient (Wildman–Crippen LogP) is 4.39. The summed E-state index contributed by atoms with van der Waals surface area (Å²) in [5, 5.41) is 9.86. The van der Waals surface area contributed by atoms with Crippen LogP contribution in [0.2, 0.25) is 0 Å². The molecule has 2 aromatic carbocycles. The van der Waals surface area contributed by atoms with Gasteiger partial charge in [0.05, 0.1) is 21.3 Å². The van der Waals surface area contributed by atoms with Crippen molar-refractivity contribution in [3.8, 4) is 27.8 Å². The van der Waals surface area contributed by atoms with Crippen LogP contribution in [-0.4, -0.2) is 55.4 Å². The molecule has 0 saturated carbocycles. The van der Waals surface area contributed by atoms with Crippen molar-refractivity contribution in [2.45, 2.75) is 18.8 Å². The van der Waals surface area contributed by atoms with Crippen molar-refractivity contribution in [1.29, 1.82) is 0 Å². The quantitative estimate of drug-likeness (QED) is 0.547. The zero-order valence-electron chi connectivity index (χ0n) is 18.1. The molecule has 1 saturated heterocycles. The molecular weight excluding hydrogens is 433 g/mol. The molecule has 0 aliphatic carbocycles. The lowest BCUT2D eigenvalue weighted by atomic mass is 9.98. The number of rotatable bonds is 6. The summed E-state index contributed by atoms with van der Waals surface area (Å²) in [5.74, 6) is 0.918. The van der Waals surface area contributed by atoms with E-state index < -0.39 is 0 Å². The summed E-state index contributed by atoms with van der Waals surface area (Å²) >= 11 is 1.38. The molecule has 1 fully saturated rings. The Bertz CT molecular complexity index is 1100. The Morgan fingerprint density at radius 1 is 1.09 bits per heavy atom. The lowest BCUT2D eigenvalue weighted by Crippen LogP contribution is -2.39. The van der Waals surface area contributed by atoms with Crippen LogP contribution in [0.4, 0.5) is 4.39 Å². The predicted molar refractivity (Wildman–Crippen MR) is 119 cm³/mol. The molecule has 1 aromatic heterocycles. The summed E-state index contributed by atoms with van der Waals surface area (Å²) < 4.78 is 30.2. The van der Waals surface area contributed by atoms with Gasteiger partial charge in [-0.15, -0.1) is 10.2 Å². The number of halogens is 1. The van der Waals surface area contributed by atoms with Crippen LogP contribution < -0.4 is 14.2 Å². The van der Waals surface area contributed by atoms with Crippen LogP contribution in [0.1, 0.15) is 34.1 Å². The van der Waals surface area contributed by atoms with Crippen LogP contribution in [0, 0.1) is 5.82 Å². The molecule has 3 aromatic rings. The van der Waals surface area contributed by atoms with Crippen molar-refractivity contribution in [3.63, 3.8) is 0 Å². The first-order valence-corrected chi connectivity index (χ1v) is 11.0. The third-order valence-electron chi connectivity index (χ3n) is 5.51. The van der Waals surface area contributed by atoms with E-state index in [0.717, 1.165) is 17.8 Å². The number of ether oxygens (including phenoxy) is 3. The number of carbonyl (C=O) groups is 1. The smallest absolute Gasteiger partial charge is 0.254 e. The normalized spacial score (nSPS) is 16.0. The number of nitrogens with zero attached hydrogens (tertiary/aromatic N) is 3. The Labute approximate surface area is 189 Å². The number of amides is 1. The van der Waals surface area contributed by atoms with Gasteiger partial charge in [0.1, 0.15) is 10.8 Å². The van der Waals surface area contributed by atoms with Crippen LogP contribution in [0.3, 0.4) is 0 Å². The van der Waals surface area contributed by atoms with Gasteiger partial charge in [-0.3, -0.25) is 4.79 Å². The molecule has 1 unspecified atom stereocenters. The topological polar surface area (TPSA) is 73.8 Å². The second-order valence-corrected chi connectivity index (χ2v) is 8.44. The average Bonchev–Trinajstić information content (AvgIpc) is 3.33. The van der Waals surface area contributed by atoms with E-state index in [2.05, 4.69) is 10.2 Å². The van der Waals surface area contributed by atoms with E-state index in [-0.39, 0.29) is 17.6 Å². The maximum atomic E-state index is 14.1. The molecule has 4 rings (SSSR count). The molecule has 32 heavy (non-hydrogen) atoms. The van der Waals surface area contributed by atoms with E-state index in [1.54, 1.807) is 35.2 Å². The van der Waals surface area contributed by atoms with Gasteiger partial charge in [-0.1, -0.05) is 23.5 Å². The molecule has 0 radical (unpaired) electrons. The van der Waals surface area contributed by atoms with Crippen molar-refractivity contribution in [2.75, 3.05) is 34.4 Å². The van der Waals surface area contributed by atoms with Crippen LogP contribution in [0.5, 0.6) is 17.2 Å². The first kappa shape index (κ1) is 22.0. The van der Waals surface area contributed by atoms with Crippen LogP contribution in [0.25, 0.3) is 10.6 Å². The molecule has 0 N–H and O–H groups in total. The molecule has 1 aliphatic heterocycles. The van der Waals surface area contributed by atoms with E-state index in [1.807, 2.05) is 0 Å². The monoisotopic (exact) mass is 457 g/mol. The highest BCUT2D eigenvalue weighted by Gasteiger charge is 2.29. The van der Waals surface area contributed by atoms with Crippen LogP contribution in [-0.2, 0) is 0 Å². The number of piperidine rings is 1. The van der Waals surface area contributed by atoms with Crippen LogP contribution >= 0.6 is 11.3 Å². The highest BCUT2D eigenvalue weighted by molar-refractivity contribution is 7.14. The number of likely N-dealkylation sites (tertiary alicyclic amines) is 1. The first-order valence-electron chi connectivity index (χ1n) is 10.2. The van der Waals surface area contributed by atoms with E-state index in [4.69, 9.17) is 14.2 Å². The van der Waals surface area contributed by atoms with Gasteiger partial charge >= 0.3 is 0 Å². The number of hydrogen-bond acceptors (Lipinski definition) is 7. The Hall–Kier alpha value is -3.20. The second-order valence-electron chi connectivity index (χ2n) is 7.43. The molecule has 1 aliphatic rings. The zero-order chi connectivity index (χ0) is 22.7. The molecule has 0 bridgehead atoms. The maximum absolute atomic E-state index is 14.1. The summed E-state index contributed by atoms with van der Waals surface area (Å²) in [6.45, 7) is 1.16. The van der Waals surface area contributed by atoms with E-state index >= 15 is 0 Å². The van der Waals surface area contributed by atoms with Gasteiger partial charge in [-0.05, 0) is 37.1 Å². The van der Waals surface area contributed by atoms with Gasteiger partial charge in [0.25, 0.3) is 5.91 Å². The van der Waals surface area contributed by atoms with Gasteiger partial charge in [-0.2, -0.15) is 0 Å². The van der Waals surface area contributed by atoms with Gasteiger partial charge in [0, 0.05) is 30.1 Å². The second kappa shape index (κ2) is 9.52. The molecule has 168 valence electrons. The molecule has 1 atom stereocenters. The van der Waals surface area contributed by atoms with Crippen molar-refractivity contribution in [3.05, 3.63) is 52.8 Å². The summed E-state index contributed by atoms with van der Waals surface area (Å²) in [4.78, 5) is 15.1. The van der Waals surface area contributed by atoms with Crippen molar-refractivity contribution < 1.29 is 23.4 Å². The zero-order valence-corrected chi connectivity index (χ0v) is 18.9. The Morgan fingerprint density at radius 3 is 2.47 bits per heavy atom. The van der Waals surface area contributed by atoms with E-state index in [9.17, 15) is 9.18 Å². The number of benzene rings is 2. The Morgan fingerprint density at radius 2 is 1.81 bits per heavy atom. The highest BCUT2D eigenvalue weighted by atomic mass is 32.1. The Kier molecular flexibility index (Phi) is 6.55. The fourth-order valence-electron chi connectivity index (χ4n) is 3.89. The van der Waals surface area contributed by atoms with E-state index in [1.165, 1.54) is 38.7 Å². The molecule has 1 amide bonds. The van der Waals surface area contributed by atoms with Crippen molar-refractivity contribution in [1.82, 2.24) is 15.1 Å². The molecule has 0 spiro atoms. The fraction of sp³-hybridized carbons (Fsp3) is 0.348. The van der Waals surface area contributed by atoms with Gasteiger partial charge in [-0.25, -0.2) is 4.39 Å². The third-order valence-corrected chi connectivity index (χ3v) is 6.63. The summed E-state index contributed by atoms with van der Waals surface area (Å²) in [6, 6.07) is 9.85. The number of hydrogen-bond donors (Lipinski definition) is 0. The summed E-state index contributed by atoms with van der Waals surface area (Å²) in [6.07, 6.45) is 1.74. The lowest BCUT2D eigenvalue weighted by molar-refractivity contribution is 0.0706. The van der Waals surface area contributed by atoms with Crippen molar-refractivity contribution >= 4 is 17.2 Å². The van der Waals surface area contributed by atoms with Gasteiger partial charge < -0.3 is 19.1 Å². The minimum Gasteiger partial charge on any atom is -0.493 e. The number of carbonyl (C=O) groups excluding carboxylic acids is 1. The SMILES string of the molecule is COc1cc(C(=O)N2CCCC(c3nnc(-c4ccccc4F)s3)C2)cc(OC)c1OC. The summed E-state index contributed by atoms with van der Waals surface area (Å²) in [5.41, 5.74) is 0.905. The minimum absolute atomic E-state index is 0.0489. The standard InChI is InChI=1S/C23H24FN3O4S/c1-29-18-11-15(12-19(30-2)20(18)31-3)23(28)27-10-6-7-14(13-27)21-25-26-22(32-21)16-8-4-5-9-17(16)24/h4-5,8-9,11-12,14H,6-7,10,13H2,1-3H3. The van der Waals surface area contributed by atoms with Crippen LogP contribution in [0.15, 0.2) is 36.4 Å². The largest absolute Gasteiger partial charge is 0.493 e. The summed E-state index contributed by atoms with van der Waals surface area (Å²) in [7, 11) is 4.56. The molecular formula is C23H24FN3O4S. The number of aromatic nitrogens is 2. The average molecular weight is 458 g/mol. The maximum Gasteiger partial charge on any atom is 0.254 e. The molecule has 7 nitrogen and oxygen atoms in total. The van der Waals surface area contributed by atoms with Gasteiger partial charge in [0.15, 0.2) is 16.5 Å². The molecule has 2 heterocycles. The fourth-order valence-corrected chi connectivity index (χ4v) is 4.89. The van der Waals surface area contributed by atoms with Crippen molar-refractivity contribution in [2.24, 2.45) is 0 Å². The Balaban J connectivity index is 1.55.